The normalized spacial score (nSPS) is 15.2. The zero-order chi connectivity index (χ0) is 22.8. The van der Waals surface area contributed by atoms with E-state index in [0.29, 0.717) is 28.8 Å². The Hall–Kier alpha value is -3.61. The Bertz CT molecular complexity index is 995. The number of carboxylic acid groups (broad SMARTS) is 2. The van der Waals surface area contributed by atoms with Gasteiger partial charge >= 0.3 is 11.9 Å². The van der Waals surface area contributed by atoms with Crippen molar-refractivity contribution in [2.45, 2.75) is 19.1 Å². The second-order valence-corrected chi connectivity index (χ2v) is 6.50. The standard InChI is InChI=1S/C18H16F2N2O.C4H4O4/c19-13-4-5-16(18(20)8-13)15-3-1-2-12(9-21)17(15)11-23-14-6-7-22-10-14;5-3(6)1-2-4(7)8/h1-5,8,14,22H,6-7,10-11H2;1-2H,(H,5,6)(H,7,8)/b;2-1+/t14-;/m0./s1. The minimum absolute atomic E-state index is 0.0904. The van der Waals surface area contributed by atoms with E-state index in [4.69, 9.17) is 14.9 Å². The van der Waals surface area contributed by atoms with Gasteiger partial charge in [-0.1, -0.05) is 12.1 Å². The number of nitrogens with one attached hydrogen (secondary N) is 1. The van der Waals surface area contributed by atoms with E-state index in [1.165, 1.54) is 12.1 Å². The van der Waals surface area contributed by atoms with Gasteiger partial charge in [0.1, 0.15) is 11.6 Å². The molecule has 0 radical (unpaired) electrons. The van der Waals surface area contributed by atoms with Gasteiger partial charge in [0, 0.05) is 35.9 Å². The van der Waals surface area contributed by atoms with Crippen LogP contribution in [0.4, 0.5) is 8.78 Å². The predicted octanol–water partition coefficient (Wildman–Crippen LogP) is 3.09. The number of carboxylic acids is 2. The van der Waals surface area contributed by atoms with Crippen LogP contribution in [0, 0.1) is 23.0 Å². The van der Waals surface area contributed by atoms with Crippen LogP contribution in [0.25, 0.3) is 11.1 Å². The summed E-state index contributed by atoms with van der Waals surface area (Å²) in [6, 6.07) is 10.7. The highest BCUT2D eigenvalue weighted by Gasteiger charge is 2.18. The Kier molecular flexibility index (Phi) is 8.81. The quantitative estimate of drug-likeness (QED) is 0.603. The maximum atomic E-state index is 14.1. The number of halogens is 2. The molecule has 0 aliphatic carbocycles. The highest BCUT2D eigenvalue weighted by atomic mass is 19.1. The maximum absolute atomic E-state index is 14.1. The number of rotatable bonds is 6. The van der Waals surface area contributed by atoms with Gasteiger partial charge < -0.3 is 20.3 Å². The Morgan fingerprint density at radius 3 is 2.42 bits per heavy atom. The minimum Gasteiger partial charge on any atom is -0.478 e. The molecule has 2 aromatic carbocycles. The topological polar surface area (TPSA) is 120 Å². The highest BCUT2D eigenvalue weighted by molar-refractivity contribution is 5.89. The van der Waals surface area contributed by atoms with Crippen LogP contribution in [-0.4, -0.2) is 41.3 Å². The van der Waals surface area contributed by atoms with E-state index in [0.717, 1.165) is 25.6 Å². The smallest absolute Gasteiger partial charge is 0.328 e. The van der Waals surface area contributed by atoms with Crippen molar-refractivity contribution >= 4 is 11.9 Å². The molecule has 0 amide bonds. The van der Waals surface area contributed by atoms with Crippen LogP contribution in [0.1, 0.15) is 17.5 Å². The first-order valence-electron chi connectivity index (χ1n) is 9.25. The van der Waals surface area contributed by atoms with E-state index >= 15 is 0 Å². The van der Waals surface area contributed by atoms with Crippen molar-refractivity contribution in [3.8, 4) is 17.2 Å². The highest BCUT2D eigenvalue weighted by Crippen LogP contribution is 2.30. The molecule has 2 aromatic rings. The van der Waals surface area contributed by atoms with Crippen LogP contribution in [-0.2, 0) is 20.9 Å². The summed E-state index contributed by atoms with van der Waals surface area (Å²) in [4.78, 5) is 19.1. The van der Waals surface area contributed by atoms with E-state index in [-0.39, 0.29) is 18.3 Å². The van der Waals surface area contributed by atoms with Crippen molar-refractivity contribution < 1.29 is 33.3 Å². The lowest BCUT2D eigenvalue weighted by molar-refractivity contribution is -0.134. The second kappa shape index (κ2) is 11.5. The van der Waals surface area contributed by atoms with E-state index in [2.05, 4.69) is 11.4 Å². The number of nitriles is 1. The van der Waals surface area contributed by atoms with Crippen LogP contribution in [0.2, 0.25) is 0 Å². The van der Waals surface area contributed by atoms with Gasteiger partial charge in [-0.05, 0) is 36.7 Å². The summed E-state index contributed by atoms with van der Waals surface area (Å²) in [6.45, 7) is 1.90. The lowest BCUT2D eigenvalue weighted by Crippen LogP contribution is -2.17. The number of hydrogen-bond donors (Lipinski definition) is 3. The molecule has 0 saturated carbocycles. The van der Waals surface area contributed by atoms with Crippen LogP contribution < -0.4 is 5.32 Å². The maximum Gasteiger partial charge on any atom is 0.328 e. The van der Waals surface area contributed by atoms with Gasteiger partial charge in [0.05, 0.1) is 24.3 Å². The molecule has 1 heterocycles. The predicted molar refractivity (Wildman–Crippen MR) is 107 cm³/mol. The number of benzene rings is 2. The molecule has 1 aliphatic heterocycles. The van der Waals surface area contributed by atoms with Crippen molar-refractivity contribution in [3.63, 3.8) is 0 Å². The molecule has 0 aromatic heterocycles. The second-order valence-electron chi connectivity index (χ2n) is 6.50. The number of ether oxygens (including phenoxy) is 1. The van der Waals surface area contributed by atoms with Crippen molar-refractivity contribution in [2.24, 2.45) is 0 Å². The fraction of sp³-hybridized carbons (Fsp3) is 0.227. The third-order valence-corrected chi connectivity index (χ3v) is 4.36. The first-order valence-corrected chi connectivity index (χ1v) is 9.25. The summed E-state index contributed by atoms with van der Waals surface area (Å²) >= 11 is 0. The fourth-order valence-electron chi connectivity index (χ4n) is 2.92. The van der Waals surface area contributed by atoms with Gasteiger partial charge in [-0.25, -0.2) is 18.4 Å². The Morgan fingerprint density at radius 1 is 1.16 bits per heavy atom. The molecular weight excluding hydrogens is 410 g/mol. The Balaban J connectivity index is 0.000000366. The van der Waals surface area contributed by atoms with Crippen molar-refractivity contribution in [1.82, 2.24) is 5.32 Å². The number of hydrogen-bond acceptors (Lipinski definition) is 5. The van der Waals surface area contributed by atoms with E-state index < -0.39 is 23.6 Å². The summed E-state index contributed by atoms with van der Waals surface area (Å²) in [5.74, 6) is -3.79. The molecule has 0 spiro atoms. The molecule has 1 fully saturated rings. The lowest BCUT2D eigenvalue weighted by Gasteiger charge is -2.15. The van der Waals surface area contributed by atoms with Gasteiger partial charge in [-0.3, -0.25) is 0 Å². The van der Waals surface area contributed by atoms with Crippen molar-refractivity contribution in [1.29, 1.82) is 5.26 Å². The van der Waals surface area contributed by atoms with Crippen LogP contribution in [0.5, 0.6) is 0 Å². The monoisotopic (exact) mass is 430 g/mol. The van der Waals surface area contributed by atoms with Crippen molar-refractivity contribution in [2.75, 3.05) is 13.1 Å². The molecule has 162 valence electrons. The van der Waals surface area contributed by atoms with Crippen LogP contribution in [0.3, 0.4) is 0 Å². The zero-order valence-electron chi connectivity index (χ0n) is 16.3. The first-order chi connectivity index (χ1) is 14.8. The summed E-state index contributed by atoms with van der Waals surface area (Å²) in [6.07, 6.45) is 2.12. The number of aliphatic carboxylic acids is 2. The van der Waals surface area contributed by atoms with E-state index in [9.17, 15) is 23.6 Å². The van der Waals surface area contributed by atoms with E-state index in [1.807, 2.05) is 0 Å². The average molecular weight is 430 g/mol. The van der Waals surface area contributed by atoms with E-state index in [1.54, 1.807) is 18.2 Å². The van der Waals surface area contributed by atoms with Crippen LogP contribution >= 0.6 is 0 Å². The number of nitrogens with zero attached hydrogens (tertiary/aromatic N) is 1. The summed E-state index contributed by atoms with van der Waals surface area (Å²) in [5.41, 5.74) is 1.91. The summed E-state index contributed by atoms with van der Waals surface area (Å²) < 4.78 is 33.1. The molecule has 7 nitrogen and oxygen atoms in total. The molecule has 31 heavy (non-hydrogen) atoms. The van der Waals surface area contributed by atoms with Gasteiger partial charge in [0.25, 0.3) is 0 Å². The average Bonchev–Trinajstić information content (AvgIpc) is 3.25. The van der Waals surface area contributed by atoms with Gasteiger partial charge in [0.15, 0.2) is 0 Å². The molecule has 0 bridgehead atoms. The van der Waals surface area contributed by atoms with Crippen molar-refractivity contribution in [3.05, 3.63) is 71.3 Å². The lowest BCUT2D eigenvalue weighted by atomic mass is 9.96. The SMILES string of the molecule is N#Cc1cccc(-c2ccc(F)cc2F)c1CO[C@H]1CCNC1.O=C(O)/C=C/C(=O)O. The molecule has 3 rings (SSSR count). The van der Waals surface area contributed by atoms with Crippen LogP contribution in [0.15, 0.2) is 48.6 Å². The zero-order valence-corrected chi connectivity index (χ0v) is 16.3. The molecule has 1 saturated heterocycles. The minimum atomic E-state index is -1.26. The summed E-state index contributed by atoms with van der Waals surface area (Å²) in [5, 5.41) is 28.2. The molecule has 0 unspecified atom stereocenters. The first kappa shape index (κ1) is 23.7. The molecule has 9 heteroatoms. The summed E-state index contributed by atoms with van der Waals surface area (Å²) in [7, 11) is 0. The van der Waals surface area contributed by atoms with Gasteiger partial charge in [0.2, 0.25) is 0 Å². The largest absolute Gasteiger partial charge is 0.478 e. The molecule has 1 atom stereocenters. The molecule has 3 N–H and O–H groups in total. The third kappa shape index (κ3) is 7.29. The fourth-order valence-corrected chi connectivity index (χ4v) is 2.92. The van der Waals surface area contributed by atoms with Gasteiger partial charge in [-0.15, -0.1) is 0 Å². The molecule has 1 aliphatic rings. The molecular formula is C22H20F2N2O5. The number of carbonyl (C=O) groups is 2. The Morgan fingerprint density at radius 2 is 1.87 bits per heavy atom. The van der Waals surface area contributed by atoms with Gasteiger partial charge in [-0.2, -0.15) is 5.26 Å². The Labute approximate surface area is 177 Å². The third-order valence-electron chi connectivity index (χ3n) is 4.36.